The number of hydrogen-bond donors (Lipinski definition) is 0. The first-order valence-electron chi connectivity index (χ1n) is 3.36. The Bertz CT molecular complexity index is 56.1. The Balaban J connectivity index is 2.91. The molecule has 0 aromatic carbocycles. The molecule has 0 radical (unpaired) electrons. The van der Waals surface area contributed by atoms with Gasteiger partial charge < -0.3 is 7.58 Å². The quantitative estimate of drug-likeness (QED) is 0.553. The molecule has 54 valence electrons. The molecule has 0 heterocycles. The van der Waals surface area contributed by atoms with Crippen LogP contribution in [0.4, 0.5) is 0 Å². The molecule has 2 nitrogen and oxygen atoms in total. The molecule has 0 fully saturated rings. The molecule has 0 unspecified atom stereocenters. The van der Waals surface area contributed by atoms with Crippen LogP contribution in [0.3, 0.4) is 0 Å². The molecule has 0 bridgehead atoms. The fourth-order valence-electron chi connectivity index (χ4n) is 0.311. The first kappa shape index (κ1) is 9.45. The average molecular weight is 146 g/mol. The largest absolute Gasteiger partial charge is 0.650 e. The first-order chi connectivity index (χ1) is 4.13. The molecular formula is C6H15AlO2. The maximum atomic E-state index is 5.27. The molecular weight excluding hydrogens is 131 g/mol. The minimum absolute atomic E-state index is 0.329. The summed E-state index contributed by atoms with van der Waals surface area (Å²) >= 11 is -0.684. The maximum absolute atomic E-state index is 5.27. The van der Waals surface area contributed by atoms with E-state index in [1.165, 1.54) is 0 Å². The van der Waals surface area contributed by atoms with Gasteiger partial charge in [-0.25, -0.2) is 0 Å². The van der Waals surface area contributed by atoms with Gasteiger partial charge in [0.05, 0.1) is 0 Å². The molecule has 0 spiro atoms. The molecule has 3 heteroatoms. The lowest BCUT2D eigenvalue weighted by Gasteiger charge is -2.09. The van der Waals surface area contributed by atoms with E-state index in [-0.39, 0.29) is 0 Å². The van der Waals surface area contributed by atoms with Crippen LogP contribution >= 0.6 is 0 Å². The van der Waals surface area contributed by atoms with Crippen LogP contribution in [-0.4, -0.2) is 28.1 Å². The van der Waals surface area contributed by atoms with Crippen molar-refractivity contribution in [2.75, 3.05) is 0 Å². The third-order valence-corrected chi connectivity index (χ3v) is 2.41. The molecule has 0 amide bonds. The van der Waals surface area contributed by atoms with Gasteiger partial charge in [-0.05, 0) is 27.7 Å². The van der Waals surface area contributed by atoms with Crippen LogP contribution in [-0.2, 0) is 7.58 Å². The molecule has 0 aliphatic rings. The standard InChI is InChI=1S/2C3H7O.Al.H/c2*1-3(2)4;;/h2*3H,1-2H3;;/q2*-1;+2;. The molecule has 0 saturated carbocycles. The zero-order valence-electron chi connectivity index (χ0n) is 6.68. The van der Waals surface area contributed by atoms with Gasteiger partial charge in [-0.15, -0.1) is 0 Å². The lowest BCUT2D eigenvalue weighted by Crippen LogP contribution is -2.14. The molecule has 9 heavy (non-hydrogen) atoms. The van der Waals surface area contributed by atoms with Gasteiger partial charge in [-0.1, -0.05) is 0 Å². The monoisotopic (exact) mass is 146 g/mol. The van der Waals surface area contributed by atoms with Crippen molar-refractivity contribution in [2.24, 2.45) is 0 Å². The van der Waals surface area contributed by atoms with Crippen molar-refractivity contribution in [2.45, 2.75) is 39.9 Å². The van der Waals surface area contributed by atoms with Crippen LogP contribution in [0.5, 0.6) is 0 Å². The summed E-state index contributed by atoms with van der Waals surface area (Å²) in [6.07, 6.45) is 0.658. The molecule has 0 N–H and O–H groups in total. The lowest BCUT2D eigenvalue weighted by atomic mass is 10.5. The third-order valence-electron chi connectivity index (χ3n) is 0.803. The Labute approximate surface area is 63.9 Å². The predicted molar refractivity (Wildman–Crippen MR) is 39.6 cm³/mol. The zero-order valence-corrected chi connectivity index (χ0v) is 8.09. The van der Waals surface area contributed by atoms with Crippen molar-refractivity contribution in [3.8, 4) is 0 Å². The Morgan fingerprint density at radius 1 is 0.889 bits per heavy atom. The fourth-order valence-corrected chi connectivity index (χ4v) is 0.934. The highest BCUT2D eigenvalue weighted by Gasteiger charge is 2.01. The Kier molecular flexibility index (Phi) is 5.52. The van der Waals surface area contributed by atoms with Crippen LogP contribution in [0, 0.1) is 0 Å². The van der Waals surface area contributed by atoms with Gasteiger partial charge in [0.25, 0.3) is 0 Å². The molecule has 0 aliphatic carbocycles. The van der Waals surface area contributed by atoms with E-state index < -0.39 is 15.9 Å². The summed E-state index contributed by atoms with van der Waals surface area (Å²) in [6.45, 7) is 8.10. The molecule has 0 atom stereocenters. The van der Waals surface area contributed by atoms with E-state index in [4.69, 9.17) is 7.58 Å². The van der Waals surface area contributed by atoms with Crippen molar-refractivity contribution in [1.29, 1.82) is 0 Å². The summed E-state index contributed by atoms with van der Waals surface area (Å²) in [6, 6.07) is 0. The summed E-state index contributed by atoms with van der Waals surface area (Å²) in [7, 11) is 0. The lowest BCUT2D eigenvalue weighted by molar-refractivity contribution is 0.152. The highest BCUT2D eigenvalue weighted by Crippen LogP contribution is 1.89. The zero-order chi connectivity index (χ0) is 7.28. The van der Waals surface area contributed by atoms with E-state index in [0.29, 0.717) is 12.2 Å². The van der Waals surface area contributed by atoms with Crippen molar-refractivity contribution >= 4 is 15.9 Å². The molecule has 0 aromatic heterocycles. The highest BCUT2D eigenvalue weighted by atomic mass is 27.2. The molecule has 0 aliphatic heterocycles. The van der Waals surface area contributed by atoms with Crippen LogP contribution in [0.1, 0.15) is 27.7 Å². The van der Waals surface area contributed by atoms with Gasteiger partial charge in [0, 0.05) is 12.2 Å². The molecule has 0 aromatic rings. The Hall–Kier alpha value is 0.452. The Morgan fingerprint density at radius 3 is 1.44 bits per heavy atom. The second kappa shape index (κ2) is 5.25. The van der Waals surface area contributed by atoms with Gasteiger partial charge in [0.2, 0.25) is 0 Å². The third kappa shape index (κ3) is 8.45. The second-order valence-electron chi connectivity index (χ2n) is 2.55. The first-order valence-corrected chi connectivity index (χ1v) is 4.51. The predicted octanol–water partition coefficient (Wildman–Crippen LogP) is 1.10. The fraction of sp³-hybridized carbons (Fsp3) is 1.00. The van der Waals surface area contributed by atoms with Gasteiger partial charge in [-0.2, -0.15) is 0 Å². The van der Waals surface area contributed by atoms with Gasteiger partial charge in [-0.3, -0.25) is 0 Å². The Morgan fingerprint density at radius 2 is 1.22 bits per heavy atom. The summed E-state index contributed by atoms with van der Waals surface area (Å²) in [4.78, 5) is 0. The smallest absolute Gasteiger partial charge is 0.479 e. The highest BCUT2D eigenvalue weighted by molar-refractivity contribution is 6.18. The average Bonchev–Trinajstić information content (AvgIpc) is 1.63. The van der Waals surface area contributed by atoms with Crippen LogP contribution in [0.25, 0.3) is 0 Å². The number of hydrogen-bond acceptors (Lipinski definition) is 2. The molecule has 0 rings (SSSR count). The van der Waals surface area contributed by atoms with E-state index in [1.54, 1.807) is 0 Å². The van der Waals surface area contributed by atoms with Gasteiger partial charge in [0.1, 0.15) is 0 Å². The van der Waals surface area contributed by atoms with Crippen molar-refractivity contribution < 1.29 is 7.58 Å². The van der Waals surface area contributed by atoms with Crippen LogP contribution in [0.15, 0.2) is 0 Å². The summed E-state index contributed by atoms with van der Waals surface area (Å²) in [5.41, 5.74) is 0. The molecule has 0 saturated heterocycles. The van der Waals surface area contributed by atoms with Crippen molar-refractivity contribution in [1.82, 2.24) is 0 Å². The maximum Gasteiger partial charge on any atom is 0.650 e. The van der Waals surface area contributed by atoms with Gasteiger partial charge >= 0.3 is 15.9 Å². The van der Waals surface area contributed by atoms with Gasteiger partial charge in [0.15, 0.2) is 0 Å². The SMILES string of the molecule is CC(C)[O][AlH][O]C(C)C. The minimum Gasteiger partial charge on any atom is -0.479 e. The topological polar surface area (TPSA) is 18.5 Å². The van der Waals surface area contributed by atoms with E-state index in [9.17, 15) is 0 Å². The van der Waals surface area contributed by atoms with E-state index >= 15 is 0 Å². The summed E-state index contributed by atoms with van der Waals surface area (Å²) in [5, 5.41) is 0. The normalized spacial score (nSPS) is 10.9. The summed E-state index contributed by atoms with van der Waals surface area (Å²) in [5.74, 6) is 0. The minimum atomic E-state index is -0.684. The van der Waals surface area contributed by atoms with E-state index in [1.807, 2.05) is 27.7 Å². The summed E-state index contributed by atoms with van der Waals surface area (Å²) < 4.78 is 10.5. The second-order valence-corrected chi connectivity index (χ2v) is 3.45. The number of rotatable bonds is 4. The van der Waals surface area contributed by atoms with Crippen LogP contribution in [0.2, 0.25) is 0 Å². The van der Waals surface area contributed by atoms with Crippen molar-refractivity contribution in [3.63, 3.8) is 0 Å². The van der Waals surface area contributed by atoms with E-state index in [0.717, 1.165) is 0 Å². The van der Waals surface area contributed by atoms with Crippen molar-refractivity contribution in [3.05, 3.63) is 0 Å². The van der Waals surface area contributed by atoms with E-state index in [2.05, 4.69) is 0 Å². The van der Waals surface area contributed by atoms with Crippen LogP contribution < -0.4 is 0 Å².